The molecule has 0 atom stereocenters. The van der Waals surface area contributed by atoms with Crippen LogP contribution in [0.3, 0.4) is 0 Å². The zero-order chi connectivity index (χ0) is 13.1. The first-order valence-electron chi connectivity index (χ1n) is 5.79. The van der Waals surface area contributed by atoms with Crippen LogP contribution in [0, 0.1) is 13.8 Å². The normalized spacial score (nSPS) is 10.7. The number of halogens is 1. The van der Waals surface area contributed by atoms with Crippen LogP contribution in [0.2, 0.25) is 0 Å². The molecule has 96 valence electrons. The average Bonchev–Trinajstić information content (AvgIpc) is 2.81. The van der Waals surface area contributed by atoms with Gasteiger partial charge < -0.3 is 14.8 Å². The zero-order valence-electron chi connectivity index (χ0n) is 10.5. The van der Waals surface area contributed by atoms with Crippen molar-refractivity contribution in [3.05, 3.63) is 51.4 Å². The smallest absolute Gasteiger partial charge is 0.129 e. The number of anilines is 1. The van der Waals surface area contributed by atoms with E-state index in [2.05, 4.69) is 47.2 Å². The monoisotopic (exact) mass is 309 g/mol. The van der Waals surface area contributed by atoms with Crippen molar-refractivity contribution < 1.29 is 9.52 Å². The Morgan fingerprint density at radius 2 is 1.78 bits per heavy atom. The molecule has 4 heteroatoms. The minimum Gasteiger partial charge on any atom is -0.462 e. The van der Waals surface area contributed by atoms with Crippen LogP contribution in [0.1, 0.15) is 22.6 Å². The van der Waals surface area contributed by atoms with Crippen molar-refractivity contribution in [2.24, 2.45) is 0 Å². The summed E-state index contributed by atoms with van der Waals surface area (Å²) in [6.07, 6.45) is 0. The third kappa shape index (κ3) is 2.94. The van der Waals surface area contributed by atoms with Crippen molar-refractivity contribution in [2.45, 2.75) is 27.0 Å². The molecule has 18 heavy (non-hydrogen) atoms. The predicted octanol–water partition coefficient (Wildman–Crippen LogP) is 3.76. The van der Waals surface area contributed by atoms with E-state index in [0.29, 0.717) is 12.3 Å². The maximum Gasteiger partial charge on any atom is 0.129 e. The van der Waals surface area contributed by atoms with Crippen LogP contribution in [-0.4, -0.2) is 5.11 Å². The number of hydrogen-bond acceptors (Lipinski definition) is 3. The highest BCUT2D eigenvalue weighted by Crippen LogP contribution is 2.25. The molecule has 0 radical (unpaired) electrons. The Morgan fingerprint density at radius 1 is 1.17 bits per heavy atom. The summed E-state index contributed by atoms with van der Waals surface area (Å²) in [4.78, 5) is 0. The third-order valence-electron chi connectivity index (χ3n) is 2.78. The van der Waals surface area contributed by atoms with Gasteiger partial charge in [-0.15, -0.1) is 0 Å². The van der Waals surface area contributed by atoms with E-state index in [0.717, 1.165) is 15.9 Å². The molecular formula is C14H16BrNO2. The Morgan fingerprint density at radius 3 is 2.33 bits per heavy atom. The summed E-state index contributed by atoms with van der Waals surface area (Å²) in [6, 6.07) is 7.84. The lowest BCUT2D eigenvalue weighted by atomic mass is 10.1. The predicted molar refractivity (Wildman–Crippen MR) is 75.6 cm³/mol. The Bertz CT molecular complexity index is 525. The molecule has 1 aromatic heterocycles. The molecule has 3 nitrogen and oxygen atoms in total. The van der Waals surface area contributed by atoms with Crippen molar-refractivity contribution in [2.75, 3.05) is 5.32 Å². The van der Waals surface area contributed by atoms with Gasteiger partial charge in [-0.3, -0.25) is 0 Å². The Labute approximate surface area is 115 Å². The first-order valence-corrected chi connectivity index (χ1v) is 6.58. The van der Waals surface area contributed by atoms with Crippen LogP contribution in [0.25, 0.3) is 0 Å². The van der Waals surface area contributed by atoms with E-state index in [1.165, 1.54) is 11.1 Å². The van der Waals surface area contributed by atoms with Gasteiger partial charge in [0, 0.05) is 10.2 Å². The fourth-order valence-corrected chi connectivity index (χ4v) is 2.07. The molecule has 1 aromatic carbocycles. The lowest BCUT2D eigenvalue weighted by Gasteiger charge is -2.09. The number of furan rings is 1. The van der Waals surface area contributed by atoms with Crippen LogP contribution in [0.15, 0.2) is 33.2 Å². The largest absolute Gasteiger partial charge is 0.462 e. The molecule has 0 saturated heterocycles. The van der Waals surface area contributed by atoms with Gasteiger partial charge in [0.15, 0.2) is 0 Å². The Kier molecular flexibility index (Phi) is 4.09. The highest BCUT2D eigenvalue weighted by molar-refractivity contribution is 9.10. The molecule has 1 heterocycles. The minimum absolute atomic E-state index is 0.0590. The molecule has 0 aliphatic carbocycles. The molecule has 0 aliphatic heterocycles. The second-order valence-corrected chi connectivity index (χ2v) is 5.10. The third-order valence-corrected chi connectivity index (χ3v) is 4.03. The topological polar surface area (TPSA) is 45.4 Å². The SMILES string of the molecule is Cc1cc(NCc2ccc(CO)o2)cc(C)c1Br. The van der Waals surface area contributed by atoms with Crippen LogP contribution >= 0.6 is 15.9 Å². The second kappa shape index (κ2) is 5.59. The van der Waals surface area contributed by atoms with Gasteiger partial charge in [0.2, 0.25) is 0 Å². The van der Waals surface area contributed by atoms with Gasteiger partial charge in [0.25, 0.3) is 0 Å². The molecule has 2 rings (SSSR count). The van der Waals surface area contributed by atoms with Crippen LogP contribution in [0.5, 0.6) is 0 Å². The minimum atomic E-state index is -0.0590. The Hall–Kier alpha value is -1.26. The van der Waals surface area contributed by atoms with E-state index in [1.54, 1.807) is 6.07 Å². The molecule has 2 aromatic rings. The first-order chi connectivity index (χ1) is 8.60. The summed E-state index contributed by atoms with van der Waals surface area (Å²) < 4.78 is 6.56. The maximum absolute atomic E-state index is 8.92. The highest BCUT2D eigenvalue weighted by atomic mass is 79.9. The summed E-state index contributed by atoms with van der Waals surface area (Å²) in [7, 11) is 0. The summed E-state index contributed by atoms with van der Waals surface area (Å²) in [5.41, 5.74) is 3.47. The Balaban J connectivity index is 2.06. The number of hydrogen-bond donors (Lipinski definition) is 2. The van der Waals surface area contributed by atoms with Crippen molar-refractivity contribution in [3.8, 4) is 0 Å². The molecule has 0 spiro atoms. The van der Waals surface area contributed by atoms with Gasteiger partial charge in [-0.1, -0.05) is 15.9 Å². The summed E-state index contributed by atoms with van der Waals surface area (Å²) in [5, 5.41) is 12.2. The molecular weight excluding hydrogens is 294 g/mol. The number of aliphatic hydroxyl groups excluding tert-OH is 1. The number of aryl methyl sites for hydroxylation is 2. The first kappa shape index (κ1) is 13.2. The van der Waals surface area contributed by atoms with Gasteiger partial charge in [-0.25, -0.2) is 0 Å². The molecule has 0 unspecified atom stereocenters. The van der Waals surface area contributed by atoms with E-state index < -0.39 is 0 Å². The van der Waals surface area contributed by atoms with Crippen molar-refractivity contribution in [1.82, 2.24) is 0 Å². The number of nitrogens with one attached hydrogen (secondary N) is 1. The second-order valence-electron chi connectivity index (χ2n) is 4.30. The van der Waals surface area contributed by atoms with E-state index in [1.807, 2.05) is 6.07 Å². The van der Waals surface area contributed by atoms with Crippen molar-refractivity contribution >= 4 is 21.6 Å². The standard InChI is InChI=1S/C14H16BrNO2/c1-9-5-11(6-10(2)14(9)15)16-7-12-3-4-13(8-17)18-12/h3-6,16-17H,7-8H2,1-2H3. The molecule has 0 aliphatic rings. The van der Waals surface area contributed by atoms with Gasteiger partial charge in [-0.2, -0.15) is 0 Å². The molecule has 0 amide bonds. The van der Waals surface area contributed by atoms with Gasteiger partial charge >= 0.3 is 0 Å². The van der Waals surface area contributed by atoms with Gasteiger partial charge in [0.05, 0.1) is 6.54 Å². The molecule has 0 saturated carbocycles. The fourth-order valence-electron chi connectivity index (χ4n) is 1.84. The van der Waals surface area contributed by atoms with E-state index in [4.69, 9.17) is 9.52 Å². The van der Waals surface area contributed by atoms with E-state index in [9.17, 15) is 0 Å². The lowest BCUT2D eigenvalue weighted by Crippen LogP contribution is -1.99. The average molecular weight is 310 g/mol. The molecule has 0 bridgehead atoms. The van der Waals surface area contributed by atoms with Crippen LogP contribution < -0.4 is 5.32 Å². The summed E-state index contributed by atoms with van der Waals surface area (Å²) in [6.45, 7) is 4.69. The summed E-state index contributed by atoms with van der Waals surface area (Å²) in [5.74, 6) is 1.41. The lowest BCUT2D eigenvalue weighted by molar-refractivity contribution is 0.244. The summed E-state index contributed by atoms with van der Waals surface area (Å²) >= 11 is 3.55. The maximum atomic E-state index is 8.92. The zero-order valence-corrected chi connectivity index (χ0v) is 12.0. The van der Waals surface area contributed by atoms with Gasteiger partial charge in [-0.05, 0) is 49.2 Å². The van der Waals surface area contributed by atoms with Crippen LogP contribution in [-0.2, 0) is 13.2 Å². The van der Waals surface area contributed by atoms with E-state index in [-0.39, 0.29) is 6.61 Å². The fraction of sp³-hybridized carbons (Fsp3) is 0.286. The number of benzene rings is 1. The number of rotatable bonds is 4. The van der Waals surface area contributed by atoms with E-state index >= 15 is 0 Å². The molecule has 2 N–H and O–H groups in total. The van der Waals surface area contributed by atoms with Crippen molar-refractivity contribution in [1.29, 1.82) is 0 Å². The highest BCUT2D eigenvalue weighted by Gasteiger charge is 2.04. The van der Waals surface area contributed by atoms with Gasteiger partial charge in [0.1, 0.15) is 18.1 Å². The number of aliphatic hydroxyl groups is 1. The van der Waals surface area contributed by atoms with Crippen molar-refractivity contribution in [3.63, 3.8) is 0 Å². The van der Waals surface area contributed by atoms with Crippen LogP contribution in [0.4, 0.5) is 5.69 Å². The quantitative estimate of drug-likeness (QED) is 0.904. The molecule has 0 fully saturated rings.